The van der Waals surface area contributed by atoms with Gasteiger partial charge in [-0.3, -0.25) is 4.79 Å². The molecule has 1 aliphatic heterocycles. The van der Waals surface area contributed by atoms with Crippen LogP contribution in [-0.4, -0.2) is 50.8 Å². The van der Waals surface area contributed by atoms with Crippen molar-refractivity contribution in [1.29, 1.82) is 0 Å². The lowest BCUT2D eigenvalue weighted by molar-refractivity contribution is -0.0110. The highest BCUT2D eigenvalue weighted by Gasteiger charge is 2.28. The molecular weight excluding hydrogens is 344 g/mol. The van der Waals surface area contributed by atoms with Gasteiger partial charge in [-0.25, -0.2) is 13.1 Å². The fraction of sp³-hybridized carbons (Fsp3) is 0.353. The third kappa shape index (κ3) is 4.91. The van der Waals surface area contributed by atoms with Crippen molar-refractivity contribution >= 4 is 15.9 Å². The Hall–Kier alpha value is -2.16. The van der Waals surface area contributed by atoms with Gasteiger partial charge in [0.05, 0.1) is 31.3 Å². The maximum Gasteiger partial charge on any atom is 0.254 e. The number of hydrogen-bond acceptors (Lipinski definition) is 5. The molecule has 1 aliphatic rings. The Morgan fingerprint density at radius 1 is 1.20 bits per heavy atom. The summed E-state index contributed by atoms with van der Waals surface area (Å²) < 4.78 is 37.5. The van der Waals surface area contributed by atoms with E-state index in [4.69, 9.17) is 9.15 Å². The molecule has 7 nitrogen and oxygen atoms in total. The summed E-state index contributed by atoms with van der Waals surface area (Å²) >= 11 is 0. The summed E-state index contributed by atoms with van der Waals surface area (Å²) in [6.07, 6.45) is 0.927. The summed E-state index contributed by atoms with van der Waals surface area (Å²) in [6, 6.07) is 12.3. The number of carbonyl (C=O) groups excluding carboxylic acids is 1. The Balaban J connectivity index is 1.56. The van der Waals surface area contributed by atoms with Gasteiger partial charge in [-0.15, -0.1) is 0 Å². The first-order valence-electron chi connectivity index (χ1n) is 7.99. The molecule has 0 aliphatic carbocycles. The quantitative estimate of drug-likeness (QED) is 0.833. The molecule has 0 unspecified atom stereocenters. The van der Waals surface area contributed by atoms with Crippen molar-refractivity contribution in [2.75, 3.05) is 25.4 Å². The highest BCUT2D eigenvalue weighted by atomic mass is 32.2. The van der Waals surface area contributed by atoms with Gasteiger partial charge >= 0.3 is 0 Å². The van der Waals surface area contributed by atoms with E-state index in [-0.39, 0.29) is 24.7 Å². The lowest BCUT2D eigenvalue weighted by Gasteiger charge is -2.32. The number of rotatable bonds is 6. The molecule has 0 bridgehead atoms. The number of amides is 1. The van der Waals surface area contributed by atoms with Crippen LogP contribution in [-0.2, 0) is 21.3 Å². The summed E-state index contributed by atoms with van der Waals surface area (Å²) in [6.45, 7) is 1.10. The predicted molar refractivity (Wildman–Crippen MR) is 91.4 cm³/mol. The van der Waals surface area contributed by atoms with Crippen LogP contribution in [0.25, 0.3) is 0 Å². The summed E-state index contributed by atoms with van der Waals surface area (Å²) in [5, 5.41) is 0. The van der Waals surface area contributed by atoms with Crippen LogP contribution in [0.4, 0.5) is 0 Å². The maximum absolute atomic E-state index is 12.5. The first-order valence-corrected chi connectivity index (χ1v) is 9.64. The Kier molecular flexibility index (Phi) is 5.52. The monoisotopic (exact) mass is 364 g/mol. The van der Waals surface area contributed by atoms with Crippen LogP contribution in [0.15, 0.2) is 53.1 Å². The molecular formula is C17H20N2O5S. The first kappa shape index (κ1) is 17.7. The van der Waals surface area contributed by atoms with Gasteiger partial charge in [0.15, 0.2) is 0 Å². The highest BCUT2D eigenvalue weighted by molar-refractivity contribution is 7.89. The molecule has 3 rings (SSSR count). The van der Waals surface area contributed by atoms with Gasteiger partial charge in [0.25, 0.3) is 5.91 Å². The van der Waals surface area contributed by atoms with Gasteiger partial charge in [0, 0.05) is 18.7 Å². The van der Waals surface area contributed by atoms with Crippen LogP contribution < -0.4 is 4.72 Å². The molecule has 1 aromatic heterocycles. The number of nitrogens with zero attached hydrogens (tertiary/aromatic N) is 1. The van der Waals surface area contributed by atoms with Crippen molar-refractivity contribution in [1.82, 2.24) is 9.62 Å². The van der Waals surface area contributed by atoms with Crippen LogP contribution in [0.1, 0.15) is 16.1 Å². The van der Waals surface area contributed by atoms with Crippen LogP contribution in [0.2, 0.25) is 0 Å². The van der Waals surface area contributed by atoms with Crippen molar-refractivity contribution in [3.63, 3.8) is 0 Å². The molecule has 1 saturated heterocycles. The molecule has 0 saturated carbocycles. The summed E-state index contributed by atoms with van der Waals surface area (Å²) in [5.74, 6) is 0.218. The molecule has 2 aromatic rings. The molecule has 25 heavy (non-hydrogen) atoms. The van der Waals surface area contributed by atoms with Crippen LogP contribution in [0.3, 0.4) is 0 Å². The van der Waals surface area contributed by atoms with E-state index in [1.54, 1.807) is 41.3 Å². The number of hydrogen-bond donors (Lipinski definition) is 1. The van der Waals surface area contributed by atoms with E-state index in [0.29, 0.717) is 24.5 Å². The Morgan fingerprint density at radius 2 is 2.00 bits per heavy atom. The third-order valence-electron chi connectivity index (χ3n) is 3.90. The SMILES string of the molecule is O=C(c1ccccc1)N1CCO[C@H](CS(=O)(=O)NCc2ccco2)C1. The molecule has 1 fully saturated rings. The van der Waals surface area contributed by atoms with E-state index >= 15 is 0 Å². The van der Waals surface area contributed by atoms with Crippen molar-refractivity contribution in [3.05, 3.63) is 60.1 Å². The second kappa shape index (κ2) is 7.81. The standard InChI is InChI=1S/C17H20N2O5S/c20-17(14-5-2-1-3-6-14)19-8-10-24-16(12-19)13-25(21,22)18-11-15-7-4-9-23-15/h1-7,9,16,18H,8,10-13H2/t16-/m0/s1. The Bertz CT molecular complexity index is 790. The van der Waals surface area contributed by atoms with Crippen molar-refractivity contribution in [2.24, 2.45) is 0 Å². The van der Waals surface area contributed by atoms with E-state index in [0.717, 1.165) is 0 Å². The van der Waals surface area contributed by atoms with Gasteiger partial charge < -0.3 is 14.1 Å². The smallest absolute Gasteiger partial charge is 0.254 e. The minimum absolute atomic E-state index is 0.0920. The zero-order valence-corrected chi connectivity index (χ0v) is 14.4. The number of nitrogens with one attached hydrogen (secondary N) is 1. The highest BCUT2D eigenvalue weighted by Crippen LogP contribution is 2.12. The molecule has 1 atom stereocenters. The maximum atomic E-state index is 12.5. The first-order chi connectivity index (χ1) is 12.0. The number of ether oxygens (including phenoxy) is 1. The van der Waals surface area contributed by atoms with Crippen molar-refractivity contribution in [3.8, 4) is 0 Å². The minimum atomic E-state index is -3.54. The number of furan rings is 1. The third-order valence-corrected chi connectivity index (χ3v) is 5.29. The summed E-state index contributed by atoms with van der Waals surface area (Å²) in [5.41, 5.74) is 0.585. The van der Waals surface area contributed by atoms with Gasteiger partial charge in [0.2, 0.25) is 10.0 Å². The number of sulfonamides is 1. The normalized spacial score (nSPS) is 18.2. The molecule has 1 amide bonds. The van der Waals surface area contributed by atoms with Crippen molar-refractivity contribution < 1.29 is 22.4 Å². The number of carbonyl (C=O) groups is 1. The molecule has 1 N–H and O–H groups in total. The van der Waals surface area contributed by atoms with E-state index < -0.39 is 16.1 Å². The van der Waals surface area contributed by atoms with E-state index in [2.05, 4.69) is 4.72 Å². The second-order valence-corrected chi connectivity index (χ2v) is 7.64. The fourth-order valence-corrected chi connectivity index (χ4v) is 3.84. The predicted octanol–water partition coefficient (Wildman–Crippen LogP) is 1.24. The van der Waals surface area contributed by atoms with Gasteiger partial charge in [-0.05, 0) is 24.3 Å². The summed E-state index contributed by atoms with van der Waals surface area (Å²) in [7, 11) is -3.54. The van der Waals surface area contributed by atoms with Crippen molar-refractivity contribution in [2.45, 2.75) is 12.6 Å². The van der Waals surface area contributed by atoms with E-state index in [1.807, 2.05) is 6.07 Å². The average molecular weight is 364 g/mol. The van der Waals surface area contributed by atoms with Gasteiger partial charge in [-0.1, -0.05) is 18.2 Å². The molecule has 0 radical (unpaired) electrons. The molecule has 1 aromatic carbocycles. The topological polar surface area (TPSA) is 88.8 Å². The molecule has 8 heteroatoms. The molecule has 2 heterocycles. The molecule has 134 valence electrons. The lowest BCUT2D eigenvalue weighted by atomic mass is 10.2. The molecule has 0 spiro atoms. The van der Waals surface area contributed by atoms with E-state index in [1.165, 1.54) is 6.26 Å². The largest absolute Gasteiger partial charge is 0.468 e. The Morgan fingerprint density at radius 3 is 2.72 bits per heavy atom. The Labute approximate surface area is 146 Å². The fourth-order valence-electron chi connectivity index (χ4n) is 2.67. The lowest BCUT2D eigenvalue weighted by Crippen LogP contribution is -2.49. The zero-order valence-electron chi connectivity index (χ0n) is 13.6. The summed E-state index contributed by atoms with van der Waals surface area (Å²) in [4.78, 5) is 14.1. The van der Waals surface area contributed by atoms with Crippen LogP contribution in [0, 0.1) is 0 Å². The van der Waals surface area contributed by atoms with Gasteiger partial charge in [-0.2, -0.15) is 0 Å². The minimum Gasteiger partial charge on any atom is -0.468 e. The number of morpholine rings is 1. The zero-order chi connectivity index (χ0) is 17.7. The average Bonchev–Trinajstić information content (AvgIpc) is 3.14. The van der Waals surface area contributed by atoms with Crippen LogP contribution >= 0.6 is 0 Å². The second-order valence-electron chi connectivity index (χ2n) is 5.79. The van der Waals surface area contributed by atoms with Gasteiger partial charge in [0.1, 0.15) is 5.76 Å². The number of benzene rings is 1. The van der Waals surface area contributed by atoms with E-state index in [9.17, 15) is 13.2 Å². The van der Waals surface area contributed by atoms with Crippen LogP contribution in [0.5, 0.6) is 0 Å².